The molecule has 12 nitrogen and oxygen atoms in total. The van der Waals surface area contributed by atoms with E-state index in [2.05, 4.69) is 18.4 Å². The standard InChI is InChI=1S/C42H49N7O5/c1-4-20-47-29-39(52)48-36(25-31-14-17-33(50)18-15-31)42(54)46(28-37(48)49(47)38(51)19-16-30-10-7-6-8-11-30)26-32-12-9-13-34-35(27-43(3)40(32)34)41(53)45-23-21-44(5-2)22-24-45/h4,6-15,17-18,27,36-37,50H,1,5,16,19-26,28-29H2,2-3H3/t36-,37-/m0/s1. The van der Waals surface area contributed by atoms with E-state index in [1.807, 2.05) is 71.2 Å². The maximum atomic E-state index is 14.7. The van der Waals surface area contributed by atoms with Crippen LogP contribution in [0.25, 0.3) is 10.9 Å². The second kappa shape index (κ2) is 15.9. The minimum atomic E-state index is -0.886. The molecule has 54 heavy (non-hydrogen) atoms. The highest BCUT2D eigenvalue weighted by Crippen LogP contribution is 2.32. The lowest BCUT2D eigenvalue weighted by Crippen LogP contribution is -2.75. The van der Waals surface area contributed by atoms with E-state index in [0.29, 0.717) is 25.1 Å². The number of benzene rings is 3. The van der Waals surface area contributed by atoms with Gasteiger partial charge in [-0.2, -0.15) is 0 Å². The molecule has 1 N–H and O–H groups in total. The van der Waals surface area contributed by atoms with Crippen LogP contribution in [0.4, 0.5) is 0 Å². The number of hydrogen-bond acceptors (Lipinski definition) is 7. The number of likely N-dealkylation sites (N-methyl/N-ethyl adjacent to an activating group) is 1. The molecule has 0 aliphatic carbocycles. The van der Waals surface area contributed by atoms with Crippen molar-refractivity contribution in [1.29, 1.82) is 0 Å². The van der Waals surface area contributed by atoms with Crippen LogP contribution in [-0.2, 0) is 40.8 Å². The number of phenols is 1. The second-order valence-corrected chi connectivity index (χ2v) is 14.4. The SMILES string of the molecule is C=CCN1CC(=O)N2[C@@H](Cc3ccc(O)cc3)C(=O)N(Cc3cccc4c(C(=O)N5CCN(CC)CC5)cn(C)c34)C[C@@H]2N1C(=O)CCc1ccccc1. The average Bonchev–Trinajstić information content (AvgIpc) is 3.53. The van der Waals surface area contributed by atoms with Crippen molar-refractivity contribution in [1.82, 2.24) is 34.2 Å². The van der Waals surface area contributed by atoms with Crippen LogP contribution in [0.5, 0.6) is 5.75 Å². The van der Waals surface area contributed by atoms with Gasteiger partial charge in [-0.3, -0.25) is 19.2 Å². The molecular weight excluding hydrogens is 683 g/mol. The number of aryl methyl sites for hydroxylation is 2. The number of phenolic OH excluding ortho intramolecular Hbond substituents is 1. The Hall–Kier alpha value is -5.46. The van der Waals surface area contributed by atoms with Crippen molar-refractivity contribution in [2.24, 2.45) is 7.05 Å². The van der Waals surface area contributed by atoms with E-state index in [1.54, 1.807) is 50.2 Å². The zero-order valence-electron chi connectivity index (χ0n) is 31.1. The molecule has 3 saturated heterocycles. The zero-order valence-corrected chi connectivity index (χ0v) is 31.1. The molecule has 7 rings (SSSR count). The van der Waals surface area contributed by atoms with Gasteiger partial charge in [0.1, 0.15) is 18.0 Å². The Bertz CT molecular complexity index is 2020. The summed E-state index contributed by atoms with van der Waals surface area (Å²) in [5, 5.41) is 14.2. The number of piperazine rings is 2. The number of carbonyl (C=O) groups excluding carboxylic acids is 4. The van der Waals surface area contributed by atoms with Crippen LogP contribution < -0.4 is 0 Å². The monoisotopic (exact) mass is 731 g/mol. The number of aromatic hydroxyl groups is 1. The largest absolute Gasteiger partial charge is 0.508 e. The van der Waals surface area contributed by atoms with Gasteiger partial charge in [0, 0.05) is 70.7 Å². The van der Waals surface area contributed by atoms with Gasteiger partial charge in [0.15, 0.2) is 0 Å². The number of rotatable bonds is 11. The summed E-state index contributed by atoms with van der Waals surface area (Å²) in [5.41, 5.74) is 4.17. The predicted molar refractivity (Wildman–Crippen MR) is 206 cm³/mol. The van der Waals surface area contributed by atoms with Crippen LogP contribution in [0.2, 0.25) is 0 Å². The van der Waals surface area contributed by atoms with Gasteiger partial charge < -0.3 is 29.3 Å². The van der Waals surface area contributed by atoms with E-state index in [4.69, 9.17) is 0 Å². The Balaban J connectivity index is 1.23. The van der Waals surface area contributed by atoms with Crippen molar-refractivity contribution in [2.75, 3.05) is 52.4 Å². The summed E-state index contributed by atoms with van der Waals surface area (Å²) in [7, 11) is 1.92. The zero-order chi connectivity index (χ0) is 37.9. The third-order valence-corrected chi connectivity index (χ3v) is 11.0. The summed E-state index contributed by atoms with van der Waals surface area (Å²) < 4.78 is 1.96. The first-order valence-electron chi connectivity index (χ1n) is 18.8. The Labute approximate surface area is 316 Å². The topological polar surface area (TPSA) is 113 Å². The Morgan fingerprint density at radius 3 is 2.37 bits per heavy atom. The molecule has 0 unspecified atom stereocenters. The summed E-state index contributed by atoms with van der Waals surface area (Å²) in [6.07, 6.45) is 3.78. The molecule has 282 valence electrons. The summed E-state index contributed by atoms with van der Waals surface area (Å²) >= 11 is 0. The van der Waals surface area contributed by atoms with Crippen molar-refractivity contribution in [3.8, 4) is 5.75 Å². The van der Waals surface area contributed by atoms with Crippen LogP contribution in [-0.4, -0.2) is 127 Å². The van der Waals surface area contributed by atoms with Crippen molar-refractivity contribution in [3.63, 3.8) is 0 Å². The smallest absolute Gasteiger partial charge is 0.256 e. The molecule has 0 spiro atoms. The molecule has 0 radical (unpaired) electrons. The van der Waals surface area contributed by atoms with Gasteiger partial charge in [-0.05, 0) is 41.8 Å². The lowest BCUT2D eigenvalue weighted by atomic mass is 9.97. The van der Waals surface area contributed by atoms with Crippen molar-refractivity contribution >= 4 is 34.5 Å². The highest BCUT2D eigenvalue weighted by molar-refractivity contribution is 6.07. The van der Waals surface area contributed by atoms with E-state index < -0.39 is 12.2 Å². The molecule has 3 aliphatic heterocycles. The molecule has 3 fully saturated rings. The highest BCUT2D eigenvalue weighted by Gasteiger charge is 2.51. The summed E-state index contributed by atoms with van der Waals surface area (Å²) in [6.45, 7) is 10.6. The van der Waals surface area contributed by atoms with Crippen molar-refractivity contribution < 1.29 is 24.3 Å². The molecule has 4 amide bonds. The van der Waals surface area contributed by atoms with Crippen molar-refractivity contribution in [3.05, 3.63) is 114 Å². The number of amides is 4. The van der Waals surface area contributed by atoms with E-state index in [9.17, 15) is 24.3 Å². The molecule has 4 aromatic rings. The number of carbonyl (C=O) groups is 4. The Morgan fingerprint density at radius 1 is 0.926 bits per heavy atom. The Morgan fingerprint density at radius 2 is 1.67 bits per heavy atom. The van der Waals surface area contributed by atoms with Crippen LogP contribution in [0.3, 0.4) is 0 Å². The van der Waals surface area contributed by atoms with Crippen LogP contribution in [0, 0.1) is 0 Å². The van der Waals surface area contributed by atoms with Gasteiger partial charge in [0.2, 0.25) is 17.7 Å². The highest BCUT2D eigenvalue weighted by atomic mass is 16.3. The summed E-state index contributed by atoms with van der Waals surface area (Å²) in [5.74, 6) is -0.501. The first-order valence-corrected chi connectivity index (χ1v) is 18.8. The molecule has 3 aromatic carbocycles. The average molecular weight is 732 g/mol. The molecule has 3 aliphatic rings. The van der Waals surface area contributed by atoms with E-state index in [-0.39, 0.29) is 68.4 Å². The normalized spacial score (nSPS) is 19.7. The number of para-hydroxylation sites is 1. The predicted octanol–water partition coefficient (Wildman–Crippen LogP) is 3.65. The van der Waals surface area contributed by atoms with Crippen molar-refractivity contribution in [2.45, 2.75) is 44.9 Å². The number of aromatic nitrogens is 1. The molecule has 12 heteroatoms. The quantitative estimate of drug-likeness (QED) is 0.235. The number of hydrogen-bond donors (Lipinski definition) is 1. The fourth-order valence-electron chi connectivity index (χ4n) is 8.26. The van der Waals surface area contributed by atoms with Gasteiger partial charge in [-0.25, -0.2) is 10.0 Å². The van der Waals surface area contributed by atoms with Crippen LogP contribution in [0.1, 0.15) is 40.4 Å². The molecule has 0 bridgehead atoms. The second-order valence-electron chi connectivity index (χ2n) is 14.4. The molecular formula is C42H49N7O5. The van der Waals surface area contributed by atoms with Gasteiger partial charge in [0.25, 0.3) is 5.91 Å². The summed E-state index contributed by atoms with van der Waals surface area (Å²) in [6, 6.07) is 21.4. The van der Waals surface area contributed by atoms with E-state index in [1.165, 1.54) is 0 Å². The van der Waals surface area contributed by atoms with Crippen LogP contribution in [0.15, 0.2) is 91.6 Å². The first-order chi connectivity index (χ1) is 26.2. The minimum Gasteiger partial charge on any atom is -0.508 e. The maximum absolute atomic E-state index is 14.7. The van der Waals surface area contributed by atoms with Crippen LogP contribution >= 0.6 is 0 Å². The number of hydrazine groups is 1. The number of nitrogens with zero attached hydrogens (tertiary/aromatic N) is 7. The lowest BCUT2D eigenvalue weighted by Gasteiger charge is -2.55. The fraction of sp³-hybridized carbons (Fsp3) is 0.381. The van der Waals surface area contributed by atoms with E-state index >= 15 is 0 Å². The van der Waals surface area contributed by atoms with Gasteiger partial charge >= 0.3 is 0 Å². The number of fused-ring (bicyclic) bond motifs is 2. The van der Waals surface area contributed by atoms with Gasteiger partial charge in [0.05, 0.1) is 24.2 Å². The third kappa shape index (κ3) is 7.36. The fourth-order valence-corrected chi connectivity index (χ4v) is 8.26. The Kier molecular flexibility index (Phi) is 10.8. The summed E-state index contributed by atoms with van der Waals surface area (Å²) in [4.78, 5) is 64.4. The molecule has 2 atom stereocenters. The molecule has 0 saturated carbocycles. The van der Waals surface area contributed by atoms with Gasteiger partial charge in [-0.15, -0.1) is 6.58 Å². The third-order valence-electron chi connectivity index (χ3n) is 11.0. The minimum absolute atomic E-state index is 0.000148. The molecule has 1 aromatic heterocycles. The van der Waals surface area contributed by atoms with E-state index in [0.717, 1.165) is 47.2 Å². The lowest BCUT2D eigenvalue weighted by molar-refractivity contribution is -0.205. The molecule has 4 heterocycles. The maximum Gasteiger partial charge on any atom is 0.256 e. The first kappa shape index (κ1) is 36.9. The van der Waals surface area contributed by atoms with Gasteiger partial charge in [-0.1, -0.05) is 73.7 Å².